The third kappa shape index (κ3) is 20.3. The minimum Gasteiger partial charge on any atom is -0.479 e. The van der Waals surface area contributed by atoms with Crippen molar-refractivity contribution >= 4 is 72.5 Å². The number of allylic oxidation sites excluding steroid dienone is 2. The van der Waals surface area contributed by atoms with Crippen molar-refractivity contribution in [3.05, 3.63) is 156 Å². The number of imide groups is 1. The normalized spacial score (nSPS) is 11.4. The number of carbonyl (C=O) groups is 8. The van der Waals surface area contributed by atoms with E-state index >= 15 is 4.39 Å². The summed E-state index contributed by atoms with van der Waals surface area (Å²) >= 11 is 0. The van der Waals surface area contributed by atoms with Gasteiger partial charge in [0.15, 0.2) is 0 Å². The second kappa shape index (κ2) is 35.2. The van der Waals surface area contributed by atoms with E-state index in [2.05, 4.69) is 49.6 Å². The maximum absolute atomic E-state index is 15.8. The number of anilines is 3. The fourth-order valence-electron chi connectivity index (χ4n) is 7.99. The molecule has 3 aromatic carbocycles. The second-order valence-electron chi connectivity index (χ2n) is 18.2. The van der Waals surface area contributed by atoms with E-state index < -0.39 is 47.7 Å². The summed E-state index contributed by atoms with van der Waals surface area (Å²) in [6.45, 7) is 19.4. The van der Waals surface area contributed by atoms with E-state index in [0.717, 1.165) is 44.2 Å². The Morgan fingerprint density at radius 2 is 1.60 bits per heavy atom. The summed E-state index contributed by atoms with van der Waals surface area (Å²) < 4.78 is 47.0. The highest BCUT2D eigenvalue weighted by Crippen LogP contribution is 2.39. The van der Waals surface area contributed by atoms with Crippen LogP contribution in [0.25, 0.3) is 16.7 Å². The fraction of sp³-hybridized carbons (Fsp3) is 0.305. The second-order valence-corrected chi connectivity index (χ2v) is 18.2. The van der Waals surface area contributed by atoms with Crippen LogP contribution in [0.4, 0.5) is 35.4 Å². The molecule has 7 amide bonds. The molecule has 6 N–H and O–H groups in total. The van der Waals surface area contributed by atoms with Gasteiger partial charge >= 0.3 is 12.1 Å². The Morgan fingerprint density at radius 3 is 2.22 bits per heavy atom. The number of primary amides is 1. The Balaban J connectivity index is 0.00000431. The molecule has 23 heteroatoms. The van der Waals surface area contributed by atoms with Crippen molar-refractivity contribution in [2.24, 2.45) is 11.7 Å². The van der Waals surface area contributed by atoms with Gasteiger partial charge in [-0.1, -0.05) is 70.3 Å². The number of nitrogens with zero attached hydrogens (tertiary/aromatic N) is 5. The van der Waals surface area contributed by atoms with E-state index in [0.29, 0.717) is 59.8 Å². The highest BCUT2D eigenvalue weighted by Gasteiger charge is 2.30. The molecule has 2 heterocycles. The first-order chi connectivity index (χ1) is 39.5. The summed E-state index contributed by atoms with van der Waals surface area (Å²) in [6, 6.07) is 16.3. The molecule has 0 saturated carbocycles. The molecule has 0 fully saturated rings. The molecule has 21 nitrogen and oxygen atoms in total. The Kier molecular flexibility index (Phi) is 28.6. The number of amides is 7. The number of aryl methyl sites for hydroxylation is 1. The molecule has 5 aromatic rings. The van der Waals surface area contributed by atoms with Crippen molar-refractivity contribution in [1.29, 1.82) is 0 Å². The van der Waals surface area contributed by atoms with Gasteiger partial charge in [0.05, 0.1) is 51.0 Å². The summed E-state index contributed by atoms with van der Waals surface area (Å²) in [4.78, 5) is 98.2. The van der Waals surface area contributed by atoms with Crippen LogP contribution in [0.2, 0.25) is 0 Å². The van der Waals surface area contributed by atoms with Gasteiger partial charge in [-0.3, -0.25) is 24.1 Å². The lowest BCUT2D eigenvalue weighted by atomic mass is 9.92. The zero-order valence-electron chi connectivity index (χ0n) is 46.6. The van der Waals surface area contributed by atoms with Crippen LogP contribution < -0.4 is 36.6 Å². The summed E-state index contributed by atoms with van der Waals surface area (Å²) in [5.41, 5.74) is 11.0. The zero-order chi connectivity index (χ0) is 60.7. The number of hydrogen-bond donors (Lipinski definition) is 5. The molecule has 82 heavy (non-hydrogen) atoms. The molecule has 0 radical (unpaired) electrons. The molecule has 0 spiro atoms. The van der Waals surface area contributed by atoms with Gasteiger partial charge in [0.1, 0.15) is 43.5 Å². The highest BCUT2D eigenvalue weighted by atomic mass is 19.1. The van der Waals surface area contributed by atoms with E-state index in [1.165, 1.54) is 7.11 Å². The van der Waals surface area contributed by atoms with E-state index in [1.54, 1.807) is 68.8 Å². The molecule has 436 valence electrons. The smallest absolute Gasteiger partial charge is 0.419 e. The van der Waals surface area contributed by atoms with Crippen LogP contribution in [0.1, 0.15) is 75.1 Å². The van der Waals surface area contributed by atoms with Crippen molar-refractivity contribution in [2.45, 2.75) is 78.5 Å². The van der Waals surface area contributed by atoms with Crippen LogP contribution >= 0.6 is 0 Å². The standard InChI is InChI=1S/C57H66F2N10O9.2CH2O/c1-8-11-45(41-22-25-63-64-33-41)46-29-40(17-14-37(46)5)42-30-50(55(76-7)62-32-42)69(49-21-18-43(58)31-47(49)59)57(75)78-34-39-15-19-44(20-16-39)65-38(6)48(13-10-24-61-56(60)74)66-54(73)53(36(3)4)67-51(71)23-27-77-28-26-68(35-70)52(72)12-9-2;2*1-2/h8,11,14-22,25,29-33,35-36,48,53,65H,1,6,9-10,12-13,23-24,26-28,34H2,2-5,7H3,(H,66,73)(H,67,71)(H3,60,61,74);2*1H2/b45-11-;;/t48-,53?;;/m0../s1. The number of carbonyl (C=O) groups excluding carboxylic acids is 8. The number of nitrogens with two attached hydrogens (primary N) is 1. The number of urea groups is 1. The van der Waals surface area contributed by atoms with Crippen LogP contribution in [0.15, 0.2) is 122 Å². The molecule has 2 atom stereocenters. The van der Waals surface area contributed by atoms with Crippen LogP contribution in [0.3, 0.4) is 0 Å². The molecule has 2 aromatic heterocycles. The zero-order valence-corrected chi connectivity index (χ0v) is 46.6. The van der Waals surface area contributed by atoms with Crippen molar-refractivity contribution in [3.8, 4) is 17.0 Å². The molecular weight excluding hydrogens is 1060 g/mol. The lowest BCUT2D eigenvalue weighted by Crippen LogP contribution is -2.53. The van der Waals surface area contributed by atoms with Crippen LogP contribution in [-0.2, 0) is 44.8 Å². The summed E-state index contributed by atoms with van der Waals surface area (Å²) in [7, 11) is 1.34. The number of rotatable bonds is 29. The van der Waals surface area contributed by atoms with Crippen molar-refractivity contribution in [3.63, 3.8) is 0 Å². The minimum atomic E-state index is -1.05. The third-order valence-electron chi connectivity index (χ3n) is 12.1. The topological polar surface area (TPSA) is 284 Å². The monoisotopic (exact) mass is 1130 g/mol. The third-order valence-corrected chi connectivity index (χ3v) is 12.1. The first-order valence-corrected chi connectivity index (χ1v) is 25.7. The average molecular weight is 1130 g/mol. The molecule has 0 aliphatic rings. The van der Waals surface area contributed by atoms with Crippen molar-refractivity contribution in [1.82, 2.24) is 36.0 Å². The number of benzene rings is 3. The highest BCUT2D eigenvalue weighted by molar-refractivity contribution is 5.98. The summed E-state index contributed by atoms with van der Waals surface area (Å²) in [5, 5.41) is 19.4. The summed E-state index contributed by atoms with van der Waals surface area (Å²) in [5.74, 6) is -3.57. The van der Waals surface area contributed by atoms with Gasteiger partial charge in [-0.2, -0.15) is 10.2 Å². The van der Waals surface area contributed by atoms with E-state index in [4.69, 9.17) is 29.5 Å². The Morgan fingerprint density at radius 1 is 0.866 bits per heavy atom. The van der Waals surface area contributed by atoms with E-state index in [-0.39, 0.29) is 74.8 Å². The first-order valence-electron chi connectivity index (χ1n) is 25.7. The van der Waals surface area contributed by atoms with Crippen LogP contribution in [-0.4, -0.2) is 115 Å². The van der Waals surface area contributed by atoms with Gasteiger partial charge in [-0.25, -0.2) is 28.3 Å². The fourth-order valence-corrected chi connectivity index (χ4v) is 7.99. The van der Waals surface area contributed by atoms with Gasteiger partial charge in [-0.05, 0) is 102 Å². The largest absolute Gasteiger partial charge is 0.479 e. The minimum absolute atomic E-state index is 0.00282. The van der Waals surface area contributed by atoms with Crippen molar-refractivity contribution in [2.75, 3.05) is 43.6 Å². The molecular formula is C59H70F2N10O11. The lowest BCUT2D eigenvalue weighted by Gasteiger charge is -2.27. The number of methoxy groups -OCH3 is 1. The molecule has 5 rings (SSSR count). The number of ether oxygens (including phenoxy) is 3. The predicted molar refractivity (Wildman–Crippen MR) is 306 cm³/mol. The number of hydrogen-bond acceptors (Lipinski definition) is 15. The number of halogens is 2. The van der Waals surface area contributed by atoms with Gasteiger partial charge in [-0.15, -0.1) is 0 Å². The maximum Gasteiger partial charge on any atom is 0.419 e. The SMILES string of the molecule is C=C/C=C(/c1ccnnc1)c1cc(-c2cnc(OC)c(N(C(=O)OCc3ccc(NC(=C)[C@H](CCCNC(N)=O)NC(=O)C(NC(=O)CCOCCN(C=O)C(=O)CCC)C(C)C)cc3)c3ccc(F)cc3F)c2)ccc1C.C=O.C=O. The van der Waals surface area contributed by atoms with Crippen LogP contribution in [0.5, 0.6) is 5.88 Å². The Bertz CT molecular complexity index is 2980. The number of nitrogens with one attached hydrogen (secondary N) is 4. The Labute approximate surface area is 475 Å². The average Bonchev–Trinajstić information content (AvgIpc) is 3.66. The van der Waals surface area contributed by atoms with Crippen LogP contribution in [0, 0.1) is 24.5 Å². The van der Waals surface area contributed by atoms with Crippen molar-refractivity contribution < 1.29 is 61.3 Å². The van der Waals surface area contributed by atoms with Gasteiger partial charge < -0.3 is 50.8 Å². The van der Waals surface area contributed by atoms with Gasteiger partial charge in [0.2, 0.25) is 30.0 Å². The number of aromatic nitrogens is 3. The maximum atomic E-state index is 15.8. The van der Waals surface area contributed by atoms with E-state index in [9.17, 15) is 33.2 Å². The van der Waals surface area contributed by atoms with E-state index in [1.807, 2.05) is 57.8 Å². The van der Waals surface area contributed by atoms with Gasteiger partial charge in [0.25, 0.3) is 0 Å². The predicted octanol–water partition coefficient (Wildman–Crippen LogP) is 8.05. The molecule has 0 aliphatic carbocycles. The molecule has 0 aliphatic heterocycles. The molecule has 0 saturated heterocycles. The van der Waals surface area contributed by atoms with Gasteiger partial charge in [0, 0.05) is 54.2 Å². The first kappa shape index (κ1) is 66.8. The Hall–Kier alpha value is -9.51. The summed E-state index contributed by atoms with van der Waals surface area (Å²) in [6.07, 6.45) is 9.14. The lowest BCUT2D eigenvalue weighted by molar-refractivity contribution is -0.139. The molecule has 0 bridgehead atoms. The molecule has 1 unspecified atom stereocenters. The quantitative estimate of drug-likeness (QED) is 0.0172. The number of pyridine rings is 1.